The van der Waals surface area contributed by atoms with Crippen molar-refractivity contribution in [1.29, 1.82) is 0 Å². The Morgan fingerprint density at radius 1 is 1.10 bits per heavy atom. The summed E-state index contributed by atoms with van der Waals surface area (Å²) in [5, 5.41) is 2.91. The third kappa shape index (κ3) is 5.95. The number of carbonyl (C=O) groups excluding carboxylic acids is 4. The Kier molecular flexibility index (Phi) is 8.50. The molecule has 4 rings (SSSR count). The van der Waals surface area contributed by atoms with E-state index in [1.54, 1.807) is 32.0 Å². The number of hydrogen-bond donors (Lipinski definition) is 1. The maximum atomic E-state index is 14.3. The minimum absolute atomic E-state index is 0.120. The lowest BCUT2D eigenvalue weighted by Gasteiger charge is -2.41. The summed E-state index contributed by atoms with van der Waals surface area (Å²) in [7, 11) is 1.44. The smallest absolute Gasteiger partial charge is 0.341 e. The van der Waals surface area contributed by atoms with Gasteiger partial charge < -0.3 is 10.2 Å². The van der Waals surface area contributed by atoms with Crippen molar-refractivity contribution in [3.63, 3.8) is 0 Å². The molecule has 2 fully saturated rings. The van der Waals surface area contributed by atoms with Gasteiger partial charge in [-0.3, -0.25) is 24.1 Å². The molecule has 2 atom stereocenters. The largest absolute Gasteiger partial charge is 0.416 e. The van der Waals surface area contributed by atoms with Gasteiger partial charge in [0.05, 0.1) is 22.5 Å². The van der Waals surface area contributed by atoms with E-state index in [-0.39, 0.29) is 37.7 Å². The van der Waals surface area contributed by atoms with Crippen LogP contribution in [0.1, 0.15) is 48.2 Å². The second-order valence-electron chi connectivity index (χ2n) is 11.0. The molecule has 2 saturated heterocycles. The number of carbonyl (C=O) groups is 4. The molecule has 1 unspecified atom stereocenters. The number of piperidine rings is 1. The number of rotatable bonds is 6. The number of hydrogen-bond acceptors (Lipinski definition) is 4. The molecule has 0 aliphatic carbocycles. The molecule has 2 aromatic carbocycles. The van der Waals surface area contributed by atoms with Crippen LogP contribution in [0.3, 0.4) is 0 Å². The lowest BCUT2D eigenvalue weighted by atomic mass is 9.68. The zero-order valence-electron chi connectivity index (χ0n) is 22.7. The van der Waals surface area contributed by atoms with Gasteiger partial charge in [0.2, 0.25) is 17.7 Å². The highest BCUT2D eigenvalue weighted by Crippen LogP contribution is 2.47. The van der Waals surface area contributed by atoms with Crippen LogP contribution in [-0.4, -0.2) is 59.6 Å². The summed E-state index contributed by atoms with van der Waals surface area (Å²) in [6.07, 6.45) is -4.06. The van der Waals surface area contributed by atoms with E-state index in [0.29, 0.717) is 29.6 Å². The summed E-state index contributed by atoms with van der Waals surface area (Å²) in [5.41, 5.74) is -2.21. The molecule has 0 bridgehead atoms. The van der Waals surface area contributed by atoms with E-state index in [2.05, 4.69) is 5.32 Å². The number of likely N-dealkylation sites (tertiary alicyclic amines) is 2. The van der Waals surface area contributed by atoms with Crippen molar-refractivity contribution in [1.82, 2.24) is 15.1 Å². The fraction of sp³-hybridized carbons (Fsp3) is 0.448. The lowest BCUT2D eigenvalue weighted by Crippen LogP contribution is -2.55. The van der Waals surface area contributed by atoms with Gasteiger partial charge in [0.25, 0.3) is 5.91 Å². The zero-order chi connectivity index (χ0) is 30.3. The summed E-state index contributed by atoms with van der Waals surface area (Å²) in [5.74, 6) is -4.53. The van der Waals surface area contributed by atoms with Gasteiger partial charge in [-0.15, -0.1) is 0 Å². The fourth-order valence-electron chi connectivity index (χ4n) is 5.73. The first-order valence-electron chi connectivity index (χ1n) is 13.2. The van der Waals surface area contributed by atoms with Gasteiger partial charge in [-0.25, -0.2) is 4.39 Å². The SMILES string of the molecule is CC(C)[C@@H](NC(=O)c1cc(C(F)(F)F)ccc1F)C(=O)N1CCC2(CC1)C(=O)N(C)C(=O)C2Cc1cccc(Cl)c1. The molecular weight excluding hydrogens is 566 g/mol. The normalized spacial score (nSPS) is 19.7. The molecular formula is C29H30ClF4N3O4. The van der Waals surface area contributed by atoms with E-state index in [9.17, 15) is 36.7 Å². The zero-order valence-corrected chi connectivity index (χ0v) is 23.5. The van der Waals surface area contributed by atoms with Crippen LogP contribution >= 0.6 is 11.6 Å². The fourth-order valence-corrected chi connectivity index (χ4v) is 5.94. The number of amides is 4. The average Bonchev–Trinajstić information content (AvgIpc) is 3.07. The van der Waals surface area contributed by atoms with Crippen molar-refractivity contribution in [3.05, 3.63) is 70.0 Å². The molecule has 2 heterocycles. The molecule has 1 spiro atoms. The second kappa shape index (κ2) is 11.4. The summed E-state index contributed by atoms with van der Waals surface area (Å²) >= 11 is 6.11. The van der Waals surface area contributed by atoms with Crippen LogP contribution in [0.4, 0.5) is 17.6 Å². The first-order chi connectivity index (χ1) is 19.2. The van der Waals surface area contributed by atoms with Crippen molar-refractivity contribution in [2.75, 3.05) is 20.1 Å². The number of benzene rings is 2. The molecule has 2 aliphatic rings. The quantitative estimate of drug-likeness (QED) is 0.387. The first kappa shape index (κ1) is 30.5. The van der Waals surface area contributed by atoms with E-state index in [1.807, 2.05) is 6.07 Å². The predicted octanol–water partition coefficient (Wildman–Crippen LogP) is 4.72. The molecule has 220 valence electrons. The van der Waals surface area contributed by atoms with Crippen LogP contribution in [0.5, 0.6) is 0 Å². The molecule has 0 aromatic heterocycles. The maximum absolute atomic E-state index is 14.3. The van der Waals surface area contributed by atoms with Crippen LogP contribution in [0.2, 0.25) is 5.02 Å². The summed E-state index contributed by atoms with van der Waals surface area (Å²) in [4.78, 5) is 55.3. The van der Waals surface area contributed by atoms with E-state index >= 15 is 0 Å². The Hall–Kier alpha value is -3.47. The molecule has 41 heavy (non-hydrogen) atoms. The third-order valence-electron chi connectivity index (χ3n) is 8.08. The van der Waals surface area contributed by atoms with Crippen LogP contribution in [0.25, 0.3) is 0 Å². The summed E-state index contributed by atoms with van der Waals surface area (Å²) in [6, 6.07) is 7.40. The highest BCUT2D eigenvalue weighted by Gasteiger charge is 2.58. The van der Waals surface area contributed by atoms with Crippen LogP contribution in [0, 0.1) is 23.1 Å². The van der Waals surface area contributed by atoms with Gasteiger partial charge >= 0.3 is 6.18 Å². The van der Waals surface area contributed by atoms with Crippen LogP contribution in [0.15, 0.2) is 42.5 Å². The number of nitrogens with zero attached hydrogens (tertiary/aromatic N) is 2. The molecule has 12 heteroatoms. The van der Waals surface area contributed by atoms with Gasteiger partial charge in [0.15, 0.2) is 0 Å². The van der Waals surface area contributed by atoms with Gasteiger partial charge in [-0.05, 0) is 61.1 Å². The van der Waals surface area contributed by atoms with Crippen molar-refractivity contribution < 1.29 is 36.7 Å². The molecule has 2 aromatic rings. The van der Waals surface area contributed by atoms with E-state index < -0.39 is 58.2 Å². The molecule has 7 nitrogen and oxygen atoms in total. The maximum Gasteiger partial charge on any atom is 0.416 e. The second-order valence-corrected chi connectivity index (χ2v) is 11.4. The van der Waals surface area contributed by atoms with Gasteiger partial charge in [-0.1, -0.05) is 37.6 Å². The topological polar surface area (TPSA) is 86.8 Å². The Morgan fingerprint density at radius 2 is 1.76 bits per heavy atom. The molecule has 1 N–H and O–H groups in total. The summed E-state index contributed by atoms with van der Waals surface area (Å²) in [6.45, 7) is 3.53. The molecule has 2 aliphatic heterocycles. The van der Waals surface area contributed by atoms with Crippen molar-refractivity contribution in [2.24, 2.45) is 17.3 Å². The number of halogens is 5. The number of alkyl halides is 3. The molecule has 0 saturated carbocycles. The predicted molar refractivity (Wildman–Crippen MR) is 142 cm³/mol. The van der Waals surface area contributed by atoms with Crippen LogP contribution < -0.4 is 5.32 Å². The Bertz CT molecular complexity index is 1370. The van der Waals surface area contributed by atoms with Crippen molar-refractivity contribution in [2.45, 2.75) is 45.3 Å². The van der Waals surface area contributed by atoms with Gasteiger partial charge in [0.1, 0.15) is 11.9 Å². The highest BCUT2D eigenvalue weighted by molar-refractivity contribution is 6.30. The van der Waals surface area contributed by atoms with Crippen molar-refractivity contribution >= 4 is 35.2 Å². The van der Waals surface area contributed by atoms with E-state index in [4.69, 9.17) is 11.6 Å². The monoisotopic (exact) mass is 595 g/mol. The minimum atomic E-state index is -4.78. The molecule has 4 amide bonds. The lowest BCUT2D eigenvalue weighted by molar-refractivity contribution is -0.145. The molecule has 0 radical (unpaired) electrons. The van der Waals surface area contributed by atoms with Gasteiger partial charge in [-0.2, -0.15) is 13.2 Å². The average molecular weight is 596 g/mol. The van der Waals surface area contributed by atoms with Crippen LogP contribution in [-0.2, 0) is 27.0 Å². The Balaban J connectivity index is 1.50. The Morgan fingerprint density at radius 3 is 2.34 bits per heavy atom. The van der Waals surface area contributed by atoms with Crippen molar-refractivity contribution in [3.8, 4) is 0 Å². The van der Waals surface area contributed by atoms with E-state index in [0.717, 1.165) is 10.5 Å². The minimum Gasteiger partial charge on any atom is -0.341 e. The number of nitrogens with one attached hydrogen (secondary N) is 1. The van der Waals surface area contributed by atoms with E-state index in [1.165, 1.54) is 11.9 Å². The number of imide groups is 1. The highest BCUT2D eigenvalue weighted by atomic mass is 35.5. The Labute approximate surface area is 239 Å². The van der Waals surface area contributed by atoms with Gasteiger partial charge in [0, 0.05) is 25.2 Å². The first-order valence-corrected chi connectivity index (χ1v) is 13.6. The third-order valence-corrected chi connectivity index (χ3v) is 8.32. The standard InChI is InChI=1S/C29H30ClF4N3O4/c1-16(2)23(35-24(38)20-15-18(29(32,33)34)7-8-22(20)31)26(40)37-11-9-28(10-12-37)21(25(39)36(3)27(28)41)14-17-5-4-6-19(30)13-17/h4-8,13,15-16,21,23H,9-12,14H2,1-3H3,(H,35,38)/t21?,23-/m1/s1. The summed E-state index contributed by atoms with van der Waals surface area (Å²) < 4.78 is 53.7.